The molecule has 0 amide bonds. The molecular weight excluding hydrogens is 328 g/mol. The van der Waals surface area contributed by atoms with Crippen LogP contribution >= 0.6 is 0 Å². The highest BCUT2D eigenvalue weighted by atomic mass is 16.3. The van der Waals surface area contributed by atoms with E-state index in [0.717, 1.165) is 31.0 Å². The summed E-state index contributed by atoms with van der Waals surface area (Å²) < 4.78 is 0. The quantitative estimate of drug-likeness (QED) is 0.451. The van der Waals surface area contributed by atoms with Crippen LogP contribution in [0.2, 0.25) is 0 Å². The van der Waals surface area contributed by atoms with E-state index >= 15 is 0 Å². The molecule has 1 fully saturated rings. The normalized spacial score (nSPS) is 17.8. The summed E-state index contributed by atoms with van der Waals surface area (Å²) in [6.07, 6.45) is 6.52. The van der Waals surface area contributed by atoms with Gasteiger partial charge in [0.1, 0.15) is 17.4 Å². The van der Waals surface area contributed by atoms with Gasteiger partial charge in [-0.3, -0.25) is 10.3 Å². The summed E-state index contributed by atoms with van der Waals surface area (Å²) in [4.78, 5) is 5.60. The van der Waals surface area contributed by atoms with Crippen LogP contribution in [-0.4, -0.2) is 56.7 Å². The molecule has 3 rings (SSSR count). The van der Waals surface area contributed by atoms with Crippen molar-refractivity contribution in [2.75, 3.05) is 19.6 Å². The van der Waals surface area contributed by atoms with E-state index in [1.165, 1.54) is 12.8 Å². The van der Waals surface area contributed by atoms with Crippen LogP contribution in [0.25, 0.3) is 6.08 Å². The Morgan fingerprint density at radius 2 is 2.19 bits per heavy atom. The molecule has 1 aromatic heterocycles. The predicted octanol–water partition coefficient (Wildman–Crippen LogP) is 2.17. The summed E-state index contributed by atoms with van der Waals surface area (Å²) >= 11 is 0. The second-order valence-electron chi connectivity index (χ2n) is 6.55. The lowest BCUT2D eigenvalue weighted by Gasteiger charge is -2.23. The third kappa shape index (κ3) is 4.92. The maximum Gasteiger partial charge on any atom is 0.154 e. The SMILES string of the molecule is CCN1CCCC1CNC(=N)/C=C\c1nnc(Cc2ccc(O)cc2)[nH]1. The average molecular weight is 354 g/mol. The van der Waals surface area contributed by atoms with Crippen LogP contribution in [0.1, 0.15) is 37.0 Å². The third-order valence-corrected chi connectivity index (χ3v) is 4.70. The molecule has 1 aliphatic heterocycles. The third-order valence-electron chi connectivity index (χ3n) is 4.70. The lowest BCUT2D eigenvalue weighted by molar-refractivity contribution is 0.267. The Balaban J connectivity index is 1.48. The molecule has 0 bridgehead atoms. The summed E-state index contributed by atoms with van der Waals surface area (Å²) in [6.45, 7) is 5.22. The van der Waals surface area contributed by atoms with Crippen LogP contribution < -0.4 is 5.32 Å². The van der Waals surface area contributed by atoms with Gasteiger partial charge in [0, 0.05) is 19.0 Å². The van der Waals surface area contributed by atoms with Crippen LogP contribution in [0.4, 0.5) is 0 Å². The number of phenolic OH excluding ortho intramolecular Hbond substituents is 1. The Labute approximate surface area is 153 Å². The topological polar surface area (TPSA) is 101 Å². The zero-order valence-corrected chi connectivity index (χ0v) is 15.1. The van der Waals surface area contributed by atoms with E-state index < -0.39 is 0 Å². The summed E-state index contributed by atoms with van der Waals surface area (Å²) in [5.41, 5.74) is 1.04. The Bertz CT molecular complexity index is 752. The molecule has 1 unspecified atom stereocenters. The first-order valence-electron chi connectivity index (χ1n) is 9.08. The van der Waals surface area contributed by atoms with Gasteiger partial charge in [0.05, 0.1) is 0 Å². The molecule has 138 valence electrons. The molecule has 2 heterocycles. The van der Waals surface area contributed by atoms with E-state index in [1.54, 1.807) is 24.3 Å². The van der Waals surface area contributed by atoms with Crippen LogP contribution in [0.3, 0.4) is 0 Å². The number of likely N-dealkylation sites (tertiary alicyclic amines) is 1. The van der Waals surface area contributed by atoms with Crippen LogP contribution in [-0.2, 0) is 6.42 Å². The van der Waals surface area contributed by atoms with Crippen molar-refractivity contribution >= 4 is 11.9 Å². The first kappa shape index (κ1) is 18.1. The number of likely N-dealkylation sites (N-methyl/N-ethyl adjacent to an activating group) is 1. The van der Waals surface area contributed by atoms with E-state index in [1.807, 2.05) is 12.1 Å². The Hall–Kier alpha value is -2.67. The summed E-state index contributed by atoms with van der Waals surface area (Å²) in [5, 5.41) is 28.7. The largest absolute Gasteiger partial charge is 0.508 e. The van der Waals surface area contributed by atoms with Crippen molar-refractivity contribution in [3.05, 3.63) is 47.6 Å². The van der Waals surface area contributed by atoms with Crippen molar-refractivity contribution in [1.29, 1.82) is 5.41 Å². The molecule has 4 N–H and O–H groups in total. The number of hydrogen-bond donors (Lipinski definition) is 4. The van der Waals surface area contributed by atoms with Gasteiger partial charge in [-0.25, -0.2) is 0 Å². The van der Waals surface area contributed by atoms with Gasteiger partial charge in [-0.05, 0) is 55.8 Å². The molecular formula is C19H26N6O. The highest BCUT2D eigenvalue weighted by Crippen LogP contribution is 2.15. The highest BCUT2D eigenvalue weighted by molar-refractivity contribution is 5.93. The van der Waals surface area contributed by atoms with Gasteiger partial charge in [-0.15, -0.1) is 10.2 Å². The molecule has 1 aliphatic rings. The van der Waals surface area contributed by atoms with Gasteiger partial charge in [0.15, 0.2) is 5.82 Å². The minimum Gasteiger partial charge on any atom is -0.508 e. The van der Waals surface area contributed by atoms with E-state index in [-0.39, 0.29) is 5.75 Å². The van der Waals surface area contributed by atoms with Gasteiger partial charge in [-0.1, -0.05) is 19.1 Å². The van der Waals surface area contributed by atoms with Crippen LogP contribution in [0, 0.1) is 5.41 Å². The number of amidine groups is 1. The van der Waals surface area contributed by atoms with Crippen molar-refractivity contribution in [2.45, 2.75) is 32.2 Å². The number of H-pyrrole nitrogens is 1. The minimum atomic E-state index is 0.251. The Morgan fingerprint density at radius 1 is 1.38 bits per heavy atom. The first-order valence-corrected chi connectivity index (χ1v) is 9.08. The zero-order chi connectivity index (χ0) is 18.4. The summed E-state index contributed by atoms with van der Waals surface area (Å²) in [5.74, 6) is 2.01. The first-order chi connectivity index (χ1) is 12.6. The number of aromatic nitrogens is 3. The number of aromatic hydroxyl groups is 1. The second kappa shape index (κ2) is 8.62. The van der Waals surface area contributed by atoms with E-state index in [2.05, 4.69) is 32.3 Å². The molecule has 0 aliphatic carbocycles. The lowest BCUT2D eigenvalue weighted by atomic mass is 10.1. The Morgan fingerprint density at radius 3 is 2.96 bits per heavy atom. The molecule has 0 spiro atoms. The number of hydrogen-bond acceptors (Lipinski definition) is 5. The van der Waals surface area contributed by atoms with Crippen LogP contribution in [0.15, 0.2) is 30.3 Å². The molecule has 0 radical (unpaired) electrons. The van der Waals surface area contributed by atoms with Crippen molar-refractivity contribution < 1.29 is 5.11 Å². The van der Waals surface area contributed by atoms with Crippen molar-refractivity contribution in [1.82, 2.24) is 25.4 Å². The fraction of sp³-hybridized carbons (Fsp3) is 0.421. The predicted molar refractivity (Wildman–Crippen MR) is 102 cm³/mol. The van der Waals surface area contributed by atoms with Gasteiger partial charge in [0.25, 0.3) is 0 Å². The number of aromatic amines is 1. The second-order valence-corrected chi connectivity index (χ2v) is 6.55. The fourth-order valence-corrected chi connectivity index (χ4v) is 3.27. The monoisotopic (exact) mass is 354 g/mol. The lowest BCUT2D eigenvalue weighted by Crippen LogP contribution is -2.39. The molecule has 1 aromatic carbocycles. The van der Waals surface area contributed by atoms with E-state index in [0.29, 0.717) is 24.1 Å². The van der Waals surface area contributed by atoms with Gasteiger partial charge in [-0.2, -0.15) is 0 Å². The van der Waals surface area contributed by atoms with Gasteiger partial charge < -0.3 is 15.4 Å². The maximum absolute atomic E-state index is 9.32. The average Bonchev–Trinajstić information content (AvgIpc) is 3.29. The molecule has 7 nitrogen and oxygen atoms in total. The molecule has 2 aromatic rings. The molecule has 26 heavy (non-hydrogen) atoms. The Kier molecular flexibility index (Phi) is 6.01. The minimum absolute atomic E-state index is 0.251. The number of nitrogens with one attached hydrogen (secondary N) is 3. The number of rotatable bonds is 7. The smallest absolute Gasteiger partial charge is 0.154 e. The summed E-state index contributed by atoms with van der Waals surface area (Å²) in [7, 11) is 0. The van der Waals surface area contributed by atoms with Crippen molar-refractivity contribution in [3.63, 3.8) is 0 Å². The molecule has 7 heteroatoms. The van der Waals surface area contributed by atoms with E-state index in [9.17, 15) is 5.11 Å². The standard InChI is InChI=1S/C19H26N6O/c1-2-25-11-3-4-15(25)13-21-17(20)9-10-18-22-19(24-23-18)12-14-5-7-16(26)8-6-14/h5-10,15,26H,2-4,11-13H2,1H3,(H2,20,21)(H,22,23,24)/b10-9-. The van der Waals surface area contributed by atoms with E-state index in [4.69, 9.17) is 5.41 Å². The number of nitrogens with zero attached hydrogens (tertiary/aromatic N) is 3. The zero-order valence-electron chi connectivity index (χ0n) is 15.1. The molecule has 0 saturated carbocycles. The maximum atomic E-state index is 9.32. The van der Waals surface area contributed by atoms with Crippen molar-refractivity contribution in [2.24, 2.45) is 0 Å². The molecule has 1 saturated heterocycles. The van der Waals surface area contributed by atoms with Gasteiger partial charge in [0.2, 0.25) is 0 Å². The fourth-order valence-electron chi connectivity index (χ4n) is 3.27. The number of phenols is 1. The van der Waals surface area contributed by atoms with Gasteiger partial charge >= 0.3 is 0 Å². The number of benzene rings is 1. The van der Waals surface area contributed by atoms with Crippen LogP contribution in [0.5, 0.6) is 5.75 Å². The summed E-state index contributed by atoms with van der Waals surface area (Å²) in [6, 6.07) is 7.55. The highest BCUT2D eigenvalue weighted by Gasteiger charge is 2.22. The van der Waals surface area contributed by atoms with Crippen molar-refractivity contribution in [3.8, 4) is 5.75 Å². The molecule has 1 atom stereocenters.